The average Bonchev–Trinajstić information content (AvgIpc) is 2.60. The number of esters is 1. The number of carbonyl (C=O) groups excluding carboxylic acids is 2. The fraction of sp³-hybridized carbons (Fsp3) is 0.111. The summed E-state index contributed by atoms with van der Waals surface area (Å²) < 4.78 is 19.4. The first-order valence-electron chi connectivity index (χ1n) is 7.32. The van der Waals surface area contributed by atoms with Crippen molar-refractivity contribution in [1.82, 2.24) is 0 Å². The number of amides is 1. The van der Waals surface area contributed by atoms with Crippen LogP contribution in [0.25, 0.3) is 0 Å². The quantitative estimate of drug-likeness (QED) is 0.547. The molecule has 0 saturated carbocycles. The number of fused-ring (bicyclic) bond motifs is 1. The Balaban J connectivity index is 2.02. The van der Waals surface area contributed by atoms with Gasteiger partial charge in [-0.15, -0.1) is 0 Å². The van der Waals surface area contributed by atoms with Crippen molar-refractivity contribution in [1.29, 1.82) is 0 Å². The van der Waals surface area contributed by atoms with Gasteiger partial charge in [-0.1, -0.05) is 45.9 Å². The molecule has 1 aliphatic rings. The zero-order valence-corrected chi connectivity index (χ0v) is 15.6. The summed E-state index contributed by atoms with van der Waals surface area (Å²) in [6.45, 7) is 0.0635. The van der Waals surface area contributed by atoms with E-state index in [0.717, 1.165) is 11.0 Å². The molecule has 1 heterocycles. The highest BCUT2D eigenvalue weighted by Gasteiger charge is 2.30. The maximum absolute atomic E-state index is 14.2. The Hall–Kier alpha value is -2.12. The molecule has 0 fully saturated rings. The second-order valence-corrected chi connectivity index (χ2v) is 7.23. The molecule has 0 aliphatic carbocycles. The summed E-state index contributed by atoms with van der Waals surface area (Å²) in [5.41, 5.74) is 1.07. The van der Waals surface area contributed by atoms with Gasteiger partial charge in [0.05, 0.1) is 24.2 Å². The number of ether oxygens (including phenoxy) is 1. The maximum atomic E-state index is 14.2. The number of hydrogen-bond donors (Lipinski definition) is 0. The van der Waals surface area contributed by atoms with Crippen LogP contribution in [-0.2, 0) is 20.9 Å². The van der Waals surface area contributed by atoms with E-state index < -0.39 is 11.8 Å². The van der Waals surface area contributed by atoms with Gasteiger partial charge >= 0.3 is 5.97 Å². The predicted molar refractivity (Wildman–Crippen MR) is 97.7 cm³/mol. The van der Waals surface area contributed by atoms with Crippen molar-refractivity contribution in [2.75, 3.05) is 12.0 Å². The third kappa shape index (κ3) is 3.77. The number of methoxy groups -OCH3 is 1. The number of anilines is 1. The lowest BCUT2D eigenvalue weighted by molar-refractivity contribution is -0.135. The molecule has 2 aromatic rings. The van der Waals surface area contributed by atoms with Crippen molar-refractivity contribution in [3.8, 4) is 0 Å². The zero-order valence-electron chi connectivity index (χ0n) is 13.2. The molecular formula is C18H13BrFNO3S. The highest BCUT2D eigenvalue weighted by atomic mass is 79.9. The molecule has 4 nitrogen and oxygen atoms in total. The second-order valence-electron chi connectivity index (χ2n) is 5.23. The summed E-state index contributed by atoms with van der Waals surface area (Å²) in [5.74, 6) is -1.38. The number of halogens is 2. The monoisotopic (exact) mass is 421 g/mol. The molecule has 0 atom stereocenters. The van der Waals surface area contributed by atoms with E-state index in [4.69, 9.17) is 0 Å². The van der Waals surface area contributed by atoms with Crippen LogP contribution >= 0.6 is 27.7 Å². The predicted octanol–water partition coefficient (Wildman–Crippen LogP) is 4.28. The Bertz CT molecular complexity index is 884. The van der Waals surface area contributed by atoms with Crippen LogP contribution in [0.4, 0.5) is 10.1 Å². The van der Waals surface area contributed by atoms with Crippen LogP contribution in [0.1, 0.15) is 5.56 Å². The Labute approximate surface area is 156 Å². The third-order valence-electron chi connectivity index (χ3n) is 3.63. The van der Waals surface area contributed by atoms with Gasteiger partial charge in [0, 0.05) is 21.0 Å². The van der Waals surface area contributed by atoms with Crippen LogP contribution in [0.3, 0.4) is 0 Å². The Kier molecular flexibility index (Phi) is 5.24. The fourth-order valence-corrected chi connectivity index (χ4v) is 3.76. The van der Waals surface area contributed by atoms with Gasteiger partial charge in [-0.3, -0.25) is 4.79 Å². The van der Waals surface area contributed by atoms with Crippen LogP contribution in [0, 0.1) is 5.82 Å². The van der Waals surface area contributed by atoms with Crippen molar-refractivity contribution < 1.29 is 18.7 Å². The lowest BCUT2D eigenvalue weighted by Crippen LogP contribution is -2.34. The molecule has 1 amide bonds. The first-order valence-corrected chi connectivity index (χ1v) is 8.93. The van der Waals surface area contributed by atoms with Crippen LogP contribution in [0.2, 0.25) is 0 Å². The second kappa shape index (κ2) is 7.41. The molecule has 2 aromatic carbocycles. The Morgan fingerprint density at radius 1 is 1.32 bits per heavy atom. The SMILES string of the molecule is COC(=O)C=C1Sc2ccccc2N(Cc2ccc(Br)cc2F)C1=O. The smallest absolute Gasteiger partial charge is 0.331 e. The summed E-state index contributed by atoms with van der Waals surface area (Å²) in [6, 6.07) is 12.0. The molecule has 0 bridgehead atoms. The molecule has 3 rings (SSSR count). The van der Waals surface area contributed by atoms with Crippen molar-refractivity contribution in [3.05, 3.63) is 69.3 Å². The van der Waals surface area contributed by atoms with Gasteiger partial charge in [-0.05, 0) is 24.3 Å². The molecule has 7 heteroatoms. The average molecular weight is 422 g/mol. The van der Waals surface area contributed by atoms with E-state index in [0.29, 0.717) is 15.7 Å². The Morgan fingerprint density at radius 2 is 2.08 bits per heavy atom. The van der Waals surface area contributed by atoms with Crippen molar-refractivity contribution in [2.45, 2.75) is 11.4 Å². The van der Waals surface area contributed by atoms with Crippen molar-refractivity contribution in [3.63, 3.8) is 0 Å². The van der Waals surface area contributed by atoms with E-state index in [1.165, 1.54) is 29.8 Å². The van der Waals surface area contributed by atoms with Crippen molar-refractivity contribution in [2.24, 2.45) is 0 Å². The standard InChI is InChI=1S/C18H13BrFNO3S/c1-24-17(22)9-16-18(23)21(14-4-2-3-5-15(14)25-16)10-11-6-7-12(19)8-13(11)20/h2-9H,10H2,1H3. The highest BCUT2D eigenvalue weighted by Crippen LogP contribution is 2.42. The normalized spacial score (nSPS) is 15.2. The summed E-state index contributed by atoms with van der Waals surface area (Å²) in [4.78, 5) is 26.9. The van der Waals surface area contributed by atoms with Crippen LogP contribution in [0.15, 0.2) is 62.8 Å². The van der Waals surface area contributed by atoms with Gasteiger partial charge in [-0.2, -0.15) is 0 Å². The van der Waals surface area contributed by atoms with E-state index >= 15 is 0 Å². The molecule has 0 aromatic heterocycles. The first-order chi connectivity index (χ1) is 12.0. The van der Waals surface area contributed by atoms with E-state index in [-0.39, 0.29) is 17.4 Å². The molecule has 0 saturated heterocycles. The van der Waals surface area contributed by atoms with Gasteiger partial charge in [0.15, 0.2) is 0 Å². The molecule has 0 N–H and O–H groups in total. The number of para-hydroxylation sites is 1. The third-order valence-corrected chi connectivity index (χ3v) is 5.20. The molecule has 1 aliphatic heterocycles. The maximum Gasteiger partial charge on any atom is 0.331 e. The van der Waals surface area contributed by atoms with Gasteiger partial charge in [0.25, 0.3) is 5.91 Å². The Morgan fingerprint density at radius 3 is 2.80 bits per heavy atom. The largest absolute Gasteiger partial charge is 0.466 e. The van der Waals surface area contributed by atoms with Gasteiger partial charge in [0.2, 0.25) is 0 Å². The topological polar surface area (TPSA) is 46.6 Å². The minimum absolute atomic E-state index is 0.0635. The minimum atomic E-state index is -0.606. The van der Waals surface area contributed by atoms with E-state index in [1.807, 2.05) is 18.2 Å². The number of hydrogen-bond acceptors (Lipinski definition) is 4. The summed E-state index contributed by atoms with van der Waals surface area (Å²) in [6.07, 6.45) is 1.16. The zero-order chi connectivity index (χ0) is 18.0. The first kappa shape index (κ1) is 17.7. The molecule has 25 heavy (non-hydrogen) atoms. The number of rotatable bonds is 3. The van der Waals surface area contributed by atoms with E-state index in [2.05, 4.69) is 20.7 Å². The number of benzene rings is 2. The van der Waals surface area contributed by atoms with Gasteiger partial charge < -0.3 is 9.64 Å². The molecule has 0 spiro atoms. The van der Waals surface area contributed by atoms with E-state index in [9.17, 15) is 14.0 Å². The van der Waals surface area contributed by atoms with E-state index in [1.54, 1.807) is 18.2 Å². The molecule has 0 unspecified atom stereocenters. The fourth-order valence-electron chi connectivity index (χ4n) is 2.41. The van der Waals surface area contributed by atoms with Crippen molar-refractivity contribution >= 4 is 45.3 Å². The van der Waals surface area contributed by atoms with Gasteiger partial charge in [0.1, 0.15) is 5.82 Å². The number of thioether (sulfide) groups is 1. The molecular weight excluding hydrogens is 409 g/mol. The number of nitrogens with zero attached hydrogens (tertiary/aromatic N) is 1. The van der Waals surface area contributed by atoms with Crippen LogP contribution in [-0.4, -0.2) is 19.0 Å². The summed E-state index contributed by atoms with van der Waals surface area (Å²) in [5, 5.41) is 0. The lowest BCUT2D eigenvalue weighted by Gasteiger charge is -2.30. The van der Waals surface area contributed by atoms with Crippen LogP contribution < -0.4 is 4.90 Å². The van der Waals surface area contributed by atoms with Crippen LogP contribution in [0.5, 0.6) is 0 Å². The molecule has 0 radical (unpaired) electrons. The lowest BCUT2D eigenvalue weighted by atomic mass is 10.1. The molecule has 128 valence electrons. The summed E-state index contributed by atoms with van der Waals surface area (Å²) >= 11 is 4.42. The summed E-state index contributed by atoms with van der Waals surface area (Å²) in [7, 11) is 1.25. The van der Waals surface area contributed by atoms with Gasteiger partial charge in [-0.25, -0.2) is 9.18 Å². The number of carbonyl (C=O) groups is 2. The highest BCUT2D eigenvalue weighted by molar-refractivity contribution is 9.10. The minimum Gasteiger partial charge on any atom is -0.466 e.